The average Bonchev–Trinajstić information content (AvgIpc) is 2.37. The van der Waals surface area contributed by atoms with Gasteiger partial charge in [-0.3, -0.25) is 0 Å². The standard InChI is InChI=1S/C15H23NO/c1-4-12-17-15-10-6-5-9-14(15)13(2)8-7-11-16-3/h5-6,8-10,16H,4,7,11-12H2,1-3H3/b13-8+. The quantitative estimate of drug-likeness (QED) is 0.728. The van der Waals surface area contributed by atoms with Crippen LogP contribution in [0.15, 0.2) is 30.3 Å². The van der Waals surface area contributed by atoms with Crippen molar-refractivity contribution in [1.82, 2.24) is 5.32 Å². The van der Waals surface area contributed by atoms with E-state index in [0.29, 0.717) is 0 Å². The fraction of sp³-hybridized carbons (Fsp3) is 0.467. The Morgan fingerprint density at radius 2 is 2.12 bits per heavy atom. The Bertz CT molecular complexity index is 358. The molecule has 0 aliphatic carbocycles. The van der Waals surface area contributed by atoms with Crippen LogP contribution in [0.5, 0.6) is 5.75 Å². The lowest BCUT2D eigenvalue weighted by Crippen LogP contribution is -2.06. The van der Waals surface area contributed by atoms with Crippen LogP contribution in [-0.2, 0) is 0 Å². The van der Waals surface area contributed by atoms with E-state index < -0.39 is 0 Å². The summed E-state index contributed by atoms with van der Waals surface area (Å²) in [7, 11) is 1.97. The molecule has 2 heteroatoms. The first-order valence-corrected chi connectivity index (χ1v) is 6.33. The van der Waals surface area contributed by atoms with Gasteiger partial charge in [0.1, 0.15) is 5.75 Å². The molecule has 0 aliphatic rings. The van der Waals surface area contributed by atoms with Crippen molar-refractivity contribution in [2.24, 2.45) is 0 Å². The SMILES string of the molecule is CCCOc1ccccc1/C(C)=C/CCNC. The van der Waals surface area contributed by atoms with Crippen LogP contribution in [0.3, 0.4) is 0 Å². The van der Waals surface area contributed by atoms with Gasteiger partial charge in [0.25, 0.3) is 0 Å². The third-order valence-electron chi connectivity index (χ3n) is 2.62. The van der Waals surface area contributed by atoms with Gasteiger partial charge in [-0.25, -0.2) is 0 Å². The van der Waals surface area contributed by atoms with Crippen molar-refractivity contribution in [3.05, 3.63) is 35.9 Å². The Hall–Kier alpha value is -1.28. The normalized spacial score (nSPS) is 11.6. The zero-order valence-electron chi connectivity index (χ0n) is 11.1. The maximum atomic E-state index is 5.76. The lowest BCUT2D eigenvalue weighted by atomic mass is 10.1. The van der Waals surface area contributed by atoms with Crippen LogP contribution in [-0.4, -0.2) is 20.2 Å². The highest BCUT2D eigenvalue weighted by Crippen LogP contribution is 2.25. The summed E-state index contributed by atoms with van der Waals surface area (Å²) in [6.45, 7) is 6.05. The number of allylic oxidation sites excluding steroid dienone is 1. The predicted molar refractivity (Wildman–Crippen MR) is 74.4 cm³/mol. The van der Waals surface area contributed by atoms with E-state index in [9.17, 15) is 0 Å². The van der Waals surface area contributed by atoms with E-state index in [1.165, 1.54) is 11.1 Å². The smallest absolute Gasteiger partial charge is 0.126 e. The molecule has 1 rings (SSSR count). The summed E-state index contributed by atoms with van der Waals surface area (Å²) in [5.41, 5.74) is 2.49. The third kappa shape index (κ3) is 4.61. The zero-order valence-corrected chi connectivity index (χ0v) is 11.1. The van der Waals surface area contributed by atoms with Gasteiger partial charge in [0.05, 0.1) is 6.61 Å². The number of rotatable bonds is 7. The van der Waals surface area contributed by atoms with Crippen LogP contribution in [0.25, 0.3) is 5.57 Å². The number of nitrogens with one attached hydrogen (secondary N) is 1. The summed E-state index contributed by atoms with van der Waals surface area (Å²) in [4.78, 5) is 0. The van der Waals surface area contributed by atoms with Gasteiger partial charge in [-0.15, -0.1) is 0 Å². The van der Waals surface area contributed by atoms with Crippen LogP contribution in [0.1, 0.15) is 32.3 Å². The van der Waals surface area contributed by atoms with Crippen LogP contribution in [0, 0.1) is 0 Å². The molecule has 17 heavy (non-hydrogen) atoms. The molecule has 0 saturated heterocycles. The lowest BCUT2D eigenvalue weighted by Gasteiger charge is -2.11. The molecule has 1 aromatic carbocycles. The summed E-state index contributed by atoms with van der Waals surface area (Å²) in [6, 6.07) is 8.25. The van der Waals surface area contributed by atoms with Crippen molar-refractivity contribution in [2.75, 3.05) is 20.2 Å². The van der Waals surface area contributed by atoms with Gasteiger partial charge >= 0.3 is 0 Å². The zero-order chi connectivity index (χ0) is 12.5. The highest BCUT2D eigenvalue weighted by molar-refractivity contribution is 5.68. The maximum Gasteiger partial charge on any atom is 0.126 e. The van der Waals surface area contributed by atoms with Gasteiger partial charge in [-0.2, -0.15) is 0 Å². The predicted octanol–water partition coefficient (Wildman–Crippen LogP) is 3.49. The van der Waals surface area contributed by atoms with E-state index in [1.54, 1.807) is 0 Å². The molecule has 0 bridgehead atoms. The van der Waals surface area contributed by atoms with Crippen molar-refractivity contribution < 1.29 is 4.74 Å². The lowest BCUT2D eigenvalue weighted by molar-refractivity contribution is 0.316. The number of hydrogen-bond acceptors (Lipinski definition) is 2. The third-order valence-corrected chi connectivity index (χ3v) is 2.62. The van der Waals surface area contributed by atoms with Crippen molar-refractivity contribution in [2.45, 2.75) is 26.7 Å². The van der Waals surface area contributed by atoms with Gasteiger partial charge in [0.15, 0.2) is 0 Å². The fourth-order valence-corrected chi connectivity index (χ4v) is 1.67. The highest BCUT2D eigenvalue weighted by atomic mass is 16.5. The Labute approximate surface area is 105 Å². The second-order valence-corrected chi connectivity index (χ2v) is 4.12. The molecule has 0 aromatic heterocycles. The molecule has 0 amide bonds. The minimum absolute atomic E-state index is 0.779. The topological polar surface area (TPSA) is 21.3 Å². The molecule has 94 valence electrons. The molecule has 1 N–H and O–H groups in total. The highest BCUT2D eigenvalue weighted by Gasteiger charge is 2.03. The molecule has 0 fully saturated rings. The second kappa shape index (κ2) is 7.91. The van der Waals surface area contributed by atoms with Gasteiger partial charge < -0.3 is 10.1 Å². The van der Waals surface area contributed by atoms with E-state index in [-0.39, 0.29) is 0 Å². The van der Waals surface area contributed by atoms with Crippen molar-refractivity contribution >= 4 is 5.57 Å². The molecule has 0 unspecified atom stereocenters. The molecule has 0 heterocycles. The number of hydrogen-bond donors (Lipinski definition) is 1. The number of para-hydroxylation sites is 1. The molecule has 1 aromatic rings. The summed E-state index contributed by atoms with van der Waals surface area (Å²) in [5, 5.41) is 3.15. The monoisotopic (exact) mass is 233 g/mol. The maximum absolute atomic E-state index is 5.76. The Morgan fingerprint density at radius 1 is 1.35 bits per heavy atom. The van der Waals surface area contributed by atoms with E-state index in [4.69, 9.17) is 4.74 Å². The number of ether oxygens (including phenoxy) is 1. The minimum atomic E-state index is 0.779. The number of benzene rings is 1. The van der Waals surface area contributed by atoms with Crippen LogP contribution in [0.2, 0.25) is 0 Å². The minimum Gasteiger partial charge on any atom is -0.493 e. The van der Waals surface area contributed by atoms with Crippen molar-refractivity contribution in [3.8, 4) is 5.75 Å². The molecule has 0 spiro atoms. The van der Waals surface area contributed by atoms with E-state index in [0.717, 1.165) is 31.7 Å². The fourth-order valence-electron chi connectivity index (χ4n) is 1.67. The Morgan fingerprint density at radius 3 is 2.82 bits per heavy atom. The summed E-state index contributed by atoms with van der Waals surface area (Å²) in [5.74, 6) is 0.993. The molecule has 0 aliphatic heterocycles. The first-order valence-electron chi connectivity index (χ1n) is 6.33. The van der Waals surface area contributed by atoms with Crippen molar-refractivity contribution in [1.29, 1.82) is 0 Å². The summed E-state index contributed by atoms with van der Waals surface area (Å²) < 4.78 is 5.76. The van der Waals surface area contributed by atoms with Gasteiger partial charge in [0.2, 0.25) is 0 Å². The van der Waals surface area contributed by atoms with Gasteiger partial charge in [0, 0.05) is 5.56 Å². The van der Waals surface area contributed by atoms with E-state index in [1.807, 2.05) is 19.2 Å². The van der Waals surface area contributed by atoms with Crippen LogP contribution in [0.4, 0.5) is 0 Å². The van der Waals surface area contributed by atoms with E-state index >= 15 is 0 Å². The molecule has 0 atom stereocenters. The first-order chi connectivity index (χ1) is 8.29. The van der Waals surface area contributed by atoms with Crippen LogP contribution >= 0.6 is 0 Å². The average molecular weight is 233 g/mol. The van der Waals surface area contributed by atoms with Crippen molar-refractivity contribution in [3.63, 3.8) is 0 Å². The van der Waals surface area contributed by atoms with Crippen LogP contribution < -0.4 is 10.1 Å². The largest absolute Gasteiger partial charge is 0.493 e. The molecule has 0 radical (unpaired) electrons. The summed E-state index contributed by atoms with van der Waals surface area (Å²) in [6.07, 6.45) is 4.34. The Balaban J connectivity index is 2.77. The second-order valence-electron chi connectivity index (χ2n) is 4.12. The van der Waals surface area contributed by atoms with Gasteiger partial charge in [-0.1, -0.05) is 31.2 Å². The molecular formula is C15H23NO. The molecule has 0 saturated carbocycles. The summed E-state index contributed by atoms with van der Waals surface area (Å²) >= 11 is 0. The van der Waals surface area contributed by atoms with Gasteiger partial charge in [-0.05, 0) is 45.0 Å². The first kappa shape index (κ1) is 13.8. The molecule has 2 nitrogen and oxygen atoms in total. The molecular weight excluding hydrogens is 210 g/mol. The van der Waals surface area contributed by atoms with E-state index in [2.05, 4.69) is 37.4 Å². The Kier molecular flexibility index (Phi) is 6.41.